The number of aromatic nitrogens is 1. The fraction of sp³-hybridized carbons (Fsp3) is 0.100. The van der Waals surface area contributed by atoms with Crippen LogP contribution in [0.3, 0.4) is 0 Å². The molecule has 0 atom stereocenters. The van der Waals surface area contributed by atoms with Crippen LogP contribution in [-0.4, -0.2) is 11.6 Å². The van der Waals surface area contributed by atoms with Gasteiger partial charge in [-0.15, -0.1) is 0 Å². The van der Waals surface area contributed by atoms with Gasteiger partial charge in [0, 0.05) is 18.0 Å². The van der Waals surface area contributed by atoms with E-state index in [-0.39, 0.29) is 0 Å². The third kappa shape index (κ3) is 1.37. The Morgan fingerprint density at radius 3 is 3.08 bits per heavy atom. The number of hydrogen-bond acceptors (Lipinski definition) is 2. The zero-order valence-electron chi connectivity index (χ0n) is 6.60. The Kier molecular flexibility index (Phi) is 1.90. The molecule has 1 aliphatic heterocycles. The van der Waals surface area contributed by atoms with Crippen molar-refractivity contribution in [2.24, 2.45) is 0 Å². The lowest BCUT2D eigenvalue weighted by Crippen LogP contribution is -1.95. The molecule has 1 aromatic rings. The van der Waals surface area contributed by atoms with Crippen LogP contribution in [0.25, 0.3) is 5.76 Å². The SMILES string of the molecule is C1=CCOC(c2cccnc2)=C1. The number of rotatable bonds is 1. The lowest BCUT2D eigenvalue weighted by molar-refractivity contribution is 0.316. The standard InChI is InChI=1S/C10H9NO/c1-2-7-12-10(5-1)9-4-3-6-11-8-9/h1-6,8H,7H2. The van der Waals surface area contributed by atoms with E-state index >= 15 is 0 Å². The first-order valence-corrected chi connectivity index (χ1v) is 3.87. The molecule has 0 fully saturated rings. The van der Waals surface area contributed by atoms with Gasteiger partial charge < -0.3 is 4.74 Å². The molecule has 12 heavy (non-hydrogen) atoms. The van der Waals surface area contributed by atoms with Crippen molar-refractivity contribution >= 4 is 5.76 Å². The molecular formula is C10H9NO. The van der Waals surface area contributed by atoms with Crippen molar-refractivity contribution in [1.29, 1.82) is 0 Å². The maximum atomic E-state index is 5.40. The summed E-state index contributed by atoms with van der Waals surface area (Å²) in [5, 5.41) is 0. The zero-order valence-corrected chi connectivity index (χ0v) is 6.60. The Morgan fingerprint density at radius 1 is 1.42 bits per heavy atom. The average molecular weight is 159 g/mol. The second kappa shape index (κ2) is 3.22. The van der Waals surface area contributed by atoms with E-state index in [4.69, 9.17) is 4.74 Å². The molecule has 0 radical (unpaired) electrons. The maximum absolute atomic E-state index is 5.40. The highest BCUT2D eigenvalue weighted by molar-refractivity contribution is 5.61. The van der Waals surface area contributed by atoms with E-state index in [1.54, 1.807) is 12.4 Å². The van der Waals surface area contributed by atoms with Crippen LogP contribution in [0, 0.1) is 0 Å². The van der Waals surface area contributed by atoms with Crippen molar-refractivity contribution in [3.05, 3.63) is 48.3 Å². The van der Waals surface area contributed by atoms with Crippen LogP contribution in [-0.2, 0) is 4.74 Å². The fourth-order valence-corrected chi connectivity index (χ4v) is 1.09. The Balaban J connectivity index is 2.31. The first kappa shape index (κ1) is 7.10. The molecule has 2 rings (SSSR count). The van der Waals surface area contributed by atoms with Crippen LogP contribution in [0.2, 0.25) is 0 Å². The van der Waals surface area contributed by atoms with Gasteiger partial charge in [-0.1, -0.05) is 6.08 Å². The summed E-state index contributed by atoms with van der Waals surface area (Å²) >= 11 is 0. The predicted molar refractivity (Wildman–Crippen MR) is 47.3 cm³/mol. The number of allylic oxidation sites excluding steroid dienone is 2. The Morgan fingerprint density at radius 2 is 2.42 bits per heavy atom. The Labute approximate surface area is 71.2 Å². The zero-order chi connectivity index (χ0) is 8.23. The highest BCUT2D eigenvalue weighted by Gasteiger charge is 2.02. The van der Waals surface area contributed by atoms with Gasteiger partial charge in [-0.2, -0.15) is 0 Å². The molecule has 1 aliphatic rings. The smallest absolute Gasteiger partial charge is 0.128 e. The predicted octanol–water partition coefficient (Wildman–Crippen LogP) is 2.01. The molecule has 0 saturated carbocycles. The largest absolute Gasteiger partial charge is 0.489 e. The van der Waals surface area contributed by atoms with Crippen molar-refractivity contribution in [1.82, 2.24) is 4.98 Å². The summed E-state index contributed by atoms with van der Waals surface area (Å²) < 4.78 is 5.40. The van der Waals surface area contributed by atoms with Crippen LogP contribution in [0.5, 0.6) is 0 Å². The number of ether oxygens (including phenoxy) is 1. The number of nitrogens with zero attached hydrogens (tertiary/aromatic N) is 1. The Hall–Kier alpha value is -1.57. The molecule has 60 valence electrons. The topological polar surface area (TPSA) is 22.1 Å². The highest BCUT2D eigenvalue weighted by atomic mass is 16.5. The van der Waals surface area contributed by atoms with Gasteiger partial charge in [0.2, 0.25) is 0 Å². The van der Waals surface area contributed by atoms with Crippen molar-refractivity contribution in [3.63, 3.8) is 0 Å². The molecule has 0 spiro atoms. The summed E-state index contributed by atoms with van der Waals surface area (Å²) in [6.07, 6.45) is 9.46. The van der Waals surface area contributed by atoms with Gasteiger partial charge in [0.05, 0.1) is 0 Å². The lowest BCUT2D eigenvalue weighted by Gasteiger charge is -2.10. The van der Waals surface area contributed by atoms with E-state index in [2.05, 4.69) is 4.98 Å². The van der Waals surface area contributed by atoms with E-state index in [0.29, 0.717) is 6.61 Å². The minimum atomic E-state index is 0.653. The minimum absolute atomic E-state index is 0.653. The first-order chi connectivity index (χ1) is 5.97. The quantitative estimate of drug-likeness (QED) is 0.625. The summed E-state index contributed by atoms with van der Waals surface area (Å²) in [4.78, 5) is 4.01. The van der Waals surface area contributed by atoms with Crippen LogP contribution < -0.4 is 0 Å². The lowest BCUT2D eigenvalue weighted by atomic mass is 10.2. The molecule has 2 heteroatoms. The second-order valence-electron chi connectivity index (χ2n) is 2.51. The molecule has 1 aromatic heterocycles. The first-order valence-electron chi connectivity index (χ1n) is 3.87. The molecule has 0 bridgehead atoms. The van der Waals surface area contributed by atoms with E-state index in [1.165, 1.54) is 0 Å². The van der Waals surface area contributed by atoms with Gasteiger partial charge in [-0.05, 0) is 24.3 Å². The number of hydrogen-bond donors (Lipinski definition) is 0. The monoisotopic (exact) mass is 159 g/mol. The summed E-state index contributed by atoms with van der Waals surface area (Å²) in [6.45, 7) is 0.653. The molecule has 0 saturated heterocycles. The molecule has 2 nitrogen and oxygen atoms in total. The molecule has 0 aliphatic carbocycles. The molecular weight excluding hydrogens is 150 g/mol. The van der Waals surface area contributed by atoms with Gasteiger partial charge in [-0.3, -0.25) is 4.98 Å². The maximum Gasteiger partial charge on any atom is 0.128 e. The van der Waals surface area contributed by atoms with Gasteiger partial charge >= 0.3 is 0 Å². The fourth-order valence-electron chi connectivity index (χ4n) is 1.09. The minimum Gasteiger partial charge on any atom is -0.489 e. The van der Waals surface area contributed by atoms with Crippen LogP contribution in [0.15, 0.2) is 42.8 Å². The van der Waals surface area contributed by atoms with Gasteiger partial charge in [-0.25, -0.2) is 0 Å². The van der Waals surface area contributed by atoms with E-state index < -0.39 is 0 Å². The van der Waals surface area contributed by atoms with Crippen molar-refractivity contribution in [3.8, 4) is 0 Å². The summed E-state index contributed by atoms with van der Waals surface area (Å²) in [5.74, 6) is 0.894. The third-order valence-electron chi connectivity index (χ3n) is 1.66. The summed E-state index contributed by atoms with van der Waals surface area (Å²) in [5.41, 5.74) is 1.03. The van der Waals surface area contributed by atoms with E-state index in [9.17, 15) is 0 Å². The summed E-state index contributed by atoms with van der Waals surface area (Å²) in [7, 11) is 0. The highest BCUT2D eigenvalue weighted by Crippen LogP contribution is 2.16. The van der Waals surface area contributed by atoms with Crippen LogP contribution in [0.4, 0.5) is 0 Å². The average Bonchev–Trinajstić information content (AvgIpc) is 2.21. The van der Waals surface area contributed by atoms with Crippen LogP contribution >= 0.6 is 0 Å². The van der Waals surface area contributed by atoms with E-state index in [0.717, 1.165) is 11.3 Å². The summed E-state index contributed by atoms with van der Waals surface area (Å²) in [6, 6.07) is 3.88. The normalized spacial score (nSPS) is 15.2. The van der Waals surface area contributed by atoms with Crippen molar-refractivity contribution in [2.75, 3.05) is 6.61 Å². The van der Waals surface area contributed by atoms with Crippen molar-refractivity contribution in [2.45, 2.75) is 0 Å². The van der Waals surface area contributed by atoms with E-state index in [1.807, 2.05) is 30.4 Å². The number of pyridine rings is 1. The molecule has 0 amide bonds. The molecule has 0 unspecified atom stereocenters. The Bertz CT molecular complexity index is 314. The van der Waals surface area contributed by atoms with Gasteiger partial charge in [0.25, 0.3) is 0 Å². The second-order valence-corrected chi connectivity index (χ2v) is 2.51. The van der Waals surface area contributed by atoms with Crippen LogP contribution in [0.1, 0.15) is 5.56 Å². The molecule has 0 aromatic carbocycles. The van der Waals surface area contributed by atoms with Gasteiger partial charge in [0.15, 0.2) is 0 Å². The van der Waals surface area contributed by atoms with Gasteiger partial charge in [0.1, 0.15) is 12.4 Å². The third-order valence-corrected chi connectivity index (χ3v) is 1.66. The molecule has 0 N–H and O–H groups in total. The van der Waals surface area contributed by atoms with Crippen molar-refractivity contribution < 1.29 is 4.74 Å². The molecule has 2 heterocycles.